The zero-order chi connectivity index (χ0) is 92.8. The summed E-state index contributed by atoms with van der Waals surface area (Å²) in [6.07, 6.45) is 27.0. The van der Waals surface area contributed by atoms with Gasteiger partial charge >= 0.3 is 17.9 Å². The number of fused-ring (bicyclic) bond motifs is 18. The SMILES string of the molecule is CC[C@@H]1[C@@H]2CN(C(=O)[C@H](C(C)(C)C)CC(=O)O[C@@H]3C4CC(C4)[C@H]3CCCCCc3nc4ccc(OC)cc4nc3O2)[C@@H]1[C-]=O.CC[C@@H]1[C@@H]2CN(C(=O)[C@H](C(C)(C)C)CC(=O)O[C@@H]3C[C@@H]4C[C@@H]4[C@H]3CCCCCc3nc4ccc(OC)cc4nc3O2)[C@@H]1[C-]=O.COc1ccc2nc3c(nc2c1)O[C@H]1CN(C(=O)[C@H](C(C)(C)C)CC(=O)O[C@H]2[C@H](CCCCC3)C[C@@H]3C[C@@H]32)[C@H]([C-]=O)[C@@H]1C.[V].[V].[V]. The first kappa shape index (κ1) is 103. The van der Waals surface area contributed by atoms with Crippen LogP contribution in [0.5, 0.6) is 34.9 Å². The molecular formula is C104H136N9O18V3-3. The van der Waals surface area contributed by atoms with Gasteiger partial charge in [0.2, 0.25) is 35.4 Å². The monoisotopic (exact) mass is 1950 g/mol. The summed E-state index contributed by atoms with van der Waals surface area (Å²) in [5.74, 6) is 3.62. The van der Waals surface area contributed by atoms with Crippen molar-refractivity contribution in [3.05, 3.63) is 71.7 Å². The van der Waals surface area contributed by atoms with E-state index in [1.807, 2.05) is 138 Å². The number of amides is 3. The van der Waals surface area contributed by atoms with Gasteiger partial charge < -0.3 is 71.7 Å². The molecular weight excluding hydrogens is 1820 g/mol. The number of aromatic nitrogens is 6. The molecule has 22 atom stereocenters. The van der Waals surface area contributed by atoms with Crippen LogP contribution in [0.4, 0.5) is 0 Å². The van der Waals surface area contributed by atoms with E-state index in [2.05, 4.69) is 18.9 Å². The standard InChI is InChI=1S/2C35H46N3O6.C34H44N3O6.3V/c1-6-23-29(19-39)38-18-30(23)43-33-27(36-26-13-12-22(42-5)16-28(26)37-33)11-9-7-8-10-24-20-14-21(15-20)32(24)44-31(40)17-25(34(38)41)35(2,3)4;1-6-22-29(19-39)38-18-31(22)44-33-27(36-26-13-12-21(42-5)16-28(26)37-33)11-9-7-8-10-23-24-14-20(24)15-30(23)43-32(40)17-25(34(38)41)35(2,3)4;1-19-28(18-38)37-17-29(19)42-32-26(35-25-12-11-22(41-5)15-27(25)36-32)10-8-6-7-9-20-13-21-14-23(21)31(20)43-30(39)16-24(33(37)40)34(2,3)4;;;/h12-13,16,20-21,23-25,29-30,32H,6-11,14-15,17-18H2,1-5H3;12-13,16,20,22-25,29-31H,6-11,14-15,17-18H2,1-5H3;11-12,15,19-21,23-24,28-29,31H,6-10,13-14,16-17H2,1-5H3;;;/q3*-1;;;/t20?,21?,23-,24+,25+,29+,30-,32+;20-,22-,23+,24-,25+,29+,30+,31-;19-,20+,21+,23-,24+,28+,29-,31-;;;/m000.../s1. The number of hydrogen-bond donors (Lipinski definition) is 0. The van der Waals surface area contributed by atoms with E-state index in [1.54, 1.807) is 36.0 Å². The third-order valence-corrected chi connectivity index (χ3v) is 31.7. The van der Waals surface area contributed by atoms with E-state index in [-0.39, 0.29) is 166 Å². The molecule has 19 rings (SSSR count). The summed E-state index contributed by atoms with van der Waals surface area (Å²) in [5, 5.41) is 0. The quantitative estimate of drug-likeness (QED) is 0.0776. The molecule has 723 valence electrons. The number of aryl methyl sites for hydroxylation is 3. The molecule has 9 heterocycles. The van der Waals surface area contributed by atoms with Gasteiger partial charge in [0, 0.05) is 73.9 Å². The van der Waals surface area contributed by atoms with Gasteiger partial charge in [-0.3, -0.25) is 28.8 Å². The average Bonchev–Trinajstić information content (AvgIpc) is 1.64. The van der Waals surface area contributed by atoms with Gasteiger partial charge in [-0.1, -0.05) is 153 Å². The number of hydrogen-bond acceptors (Lipinski definition) is 24. The van der Waals surface area contributed by atoms with E-state index in [1.165, 1.54) is 6.42 Å². The van der Waals surface area contributed by atoms with E-state index < -0.39 is 70.4 Å². The smallest absolute Gasteiger partial charge is 0.306 e. The first-order valence-corrected chi connectivity index (χ1v) is 49.0. The fourth-order valence-electron chi connectivity index (χ4n) is 23.7. The molecule has 0 unspecified atom stereocenters. The summed E-state index contributed by atoms with van der Waals surface area (Å²) in [7, 11) is 4.85. The predicted octanol–water partition coefficient (Wildman–Crippen LogP) is 16.0. The van der Waals surface area contributed by atoms with Gasteiger partial charge in [0.25, 0.3) is 0 Å². The Hall–Kier alpha value is -7.94. The minimum absolute atomic E-state index is 0. The molecule has 3 aromatic heterocycles. The molecule has 3 radical (unpaired) electrons. The Morgan fingerprint density at radius 1 is 0.366 bits per heavy atom. The molecule has 3 aromatic carbocycles. The first-order chi connectivity index (χ1) is 62.8. The first-order valence-electron chi connectivity index (χ1n) is 49.0. The van der Waals surface area contributed by atoms with E-state index in [0.717, 1.165) is 143 Å². The molecule has 134 heavy (non-hydrogen) atoms. The second kappa shape index (κ2) is 43.6. The molecule has 3 saturated heterocycles. The maximum Gasteiger partial charge on any atom is 0.306 e. The van der Waals surface area contributed by atoms with Crippen molar-refractivity contribution < 1.29 is 141 Å². The minimum Gasteiger partial charge on any atom is -0.540 e. The number of nitrogens with zero attached hydrogens (tertiary/aromatic N) is 9. The van der Waals surface area contributed by atoms with Crippen molar-refractivity contribution in [2.75, 3.05) is 41.0 Å². The van der Waals surface area contributed by atoms with Gasteiger partial charge in [0.15, 0.2) is 0 Å². The third kappa shape index (κ3) is 22.5. The van der Waals surface area contributed by atoms with Crippen molar-refractivity contribution in [1.82, 2.24) is 44.6 Å². The number of esters is 3. The molecule has 10 fully saturated rings. The molecule has 7 saturated carbocycles. The molecule has 8 bridgehead atoms. The fraction of sp³-hybridized carbons (Fsp3) is 0.683. The van der Waals surface area contributed by atoms with Crippen molar-refractivity contribution >= 4 is 87.6 Å². The van der Waals surface area contributed by atoms with Gasteiger partial charge in [0.1, 0.15) is 71.0 Å². The normalized spacial score (nSPS) is 32.3. The van der Waals surface area contributed by atoms with Crippen LogP contribution >= 0.6 is 0 Å². The Balaban J connectivity index is 0.000000169. The number of ether oxygens (including phenoxy) is 9. The Kier molecular flexibility index (Phi) is 33.7. The van der Waals surface area contributed by atoms with E-state index >= 15 is 0 Å². The van der Waals surface area contributed by atoms with Gasteiger partial charge in [0.05, 0.1) is 111 Å². The van der Waals surface area contributed by atoms with Crippen LogP contribution < -0.4 is 28.4 Å². The van der Waals surface area contributed by atoms with Gasteiger partial charge in [-0.05, 0) is 220 Å². The Labute approximate surface area is 825 Å². The molecule has 7 aliphatic carbocycles. The molecule has 27 nitrogen and oxygen atoms in total. The second-order valence-electron chi connectivity index (χ2n) is 43.1. The van der Waals surface area contributed by atoms with Crippen molar-refractivity contribution in [3.8, 4) is 34.9 Å². The summed E-state index contributed by atoms with van der Waals surface area (Å²) in [4.78, 5) is 154. The number of methoxy groups -OCH3 is 3. The second-order valence-corrected chi connectivity index (χ2v) is 43.1. The zero-order valence-corrected chi connectivity index (χ0v) is 85.0. The Morgan fingerprint density at radius 2 is 0.716 bits per heavy atom. The molecule has 6 aliphatic heterocycles. The minimum atomic E-state index is -0.788. The summed E-state index contributed by atoms with van der Waals surface area (Å²) in [5.41, 5.74) is 5.12. The van der Waals surface area contributed by atoms with Crippen LogP contribution in [0.25, 0.3) is 33.1 Å². The zero-order valence-electron chi connectivity index (χ0n) is 80.8. The number of benzene rings is 3. The summed E-state index contributed by atoms with van der Waals surface area (Å²) in [6, 6.07) is 14.6. The number of rotatable bonds is 8. The summed E-state index contributed by atoms with van der Waals surface area (Å²) in [6.45, 7) is 24.2. The molecule has 13 aliphatic rings. The van der Waals surface area contributed by atoms with Crippen molar-refractivity contribution in [3.63, 3.8) is 0 Å². The van der Waals surface area contributed by atoms with Crippen LogP contribution in [0.1, 0.15) is 248 Å². The number of carbonyl (C=O) groups excluding carboxylic acids is 9. The van der Waals surface area contributed by atoms with Crippen molar-refractivity contribution in [2.45, 2.75) is 305 Å². The van der Waals surface area contributed by atoms with Crippen LogP contribution in [0.15, 0.2) is 54.6 Å². The van der Waals surface area contributed by atoms with Crippen LogP contribution in [-0.2, 0) is 132 Å². The maximum atomic E-state index is 14.3. The van der Waals surface area contributed by atoms with E-state index in [4.69, 9.17) is 72.5 Å². The van der Waals surface area contributed by atoms with E-state index in [0.29, 0.717) is 137 Å². The Bertz CT molecular complexity index is 5110. The number of carbonyl (C=O) groups is 6. The largest absolute Gasteiger partial charge is 0.540 e. The molecule has 3 amide bonds. The van der Waals surface area contributed by atoms with Crippen LogP contribution in [0.3, 0.4) is 0 Å². The summed E-state index contributed by atoms with van der Waals surface area (Å²) >= 11 is 0. The average molecular weight is 1950 g/mol. The molecule has 6 aromatic rings. The molecule has 30 heteroatoms. The van der Waals surface area contributed by atoms with Gasteiger partial charge in [-0.25, -0.2) is 48.8 Å². The van der Waals surface area contributed by atoms with Crippen LogP contribution in [-0.4, -0.2) is 195 Å². The Morgan fingerprint density at radius 3 is 1.12 bits per heavy atom. The van der Waals surface area contributed by atoms with Crippen LogP contribution in [0, 0.1) is 105 Å². The molecule has 0 N–H and O–H groups in total. The van der Waals surface area contributed by atoms with E-state index in [9.17, 15) is 43.2 Å². The van der Waals surface area contributed by atoms with Gasteiger partial charge in [-0.2, -0.15) is 0 Å². The maximum absolute atomic E-state index is 14.3. The molecule has 0 spiro atoms. The topological polar surface area (TPSA) is 324 Å². The van der Waals surface area contributed by atoms with Crippen molar-refractivity contribution in [1.29, 1.82) is 0 Å². The predicted molar refractivity (Wildman–Crippen MR) is 490 cm³/mol. The third-order valence-electron chi connectivity index (χ3n) is 31.7. The van der Waals surface area contributed by atoms with Gasteiger partial charge in [-0.15, -0.1) is 0 Å². The fourth-order valence-corrected chi connectivity index (χ4v) is 23.7. The van der Waals surface area contributed by atoms with Crippen molar-refractivity contribution in [2.24, 2.45) is 105 Å². The van der Waals surface area contributed by atoms with Crippen LogP contribution in [0.2, 0.25) is 0 Å². The summed E-state index contributed by atoms with van der Waals surface area (Å²) < 4.78 is 54.6.